The van der Waals surface area contributed by atoms with E-state index >= 15 is 0 Å². The first kappa shape index (κ1) is 15.8. The second kappa shape index (κ2) is 6.97. The van der Waals surface area contributed by atoms with Crippen LogP contribution >= 0.6 is 0 Å². The van der Waals surface area contributed by atoms with Gasteiger partial charge in [0.25, 0.3) is 0 Å². The van der Waals surface area contributed by atoms with Crippen molar-refractivity contribution in [3.8, 4) is 0 Å². The van der Waals surface area contributed by atoms with Gasteiger partial charge in [-0.25, -0.2) is 0 Å². The van der Waals surface area contributed by atoms with Crippen molar-refractivity contribution in [2.75, 3.05) is 26.2 Å². The van der Waals surface area contributed by atoms with E-state index in [1.165, 1.54) is 77.4 Å². The molecule has 0 amide bonds. The van der Waals surface area contributed by atoms with E-state index in [1.807, 2.05) is 6.92 Å². The first-order chi connectivity index (χ1) is 10.2. The minimum absolute atomic E-state index is 0.135. The van der Waals surface area contributed by atoms with Crippen molar-refractivity contribution in [1.82, 2.24) is 10.2 Å². The average Bonchev–Trinajstić information content (AvgIpc) is 3.21. The molecule has 2 saturated carbocycles. The van der Waals surface area contributed by atoms with Gasteiger partial charge >= 0.3 is 0 Å². The fourth-order valence-corrected chi connectivity index (χ4v) is 4.39. The lowest BCUT2D eigenvalue weighted by molar-refractivity contribution is 0.110. The van der Waals surface area contributed by atoms with Gasteiger partial charge in [-0.1, -0.05) is 25.7 Å². The minimum Gasteiger partial charge on any atom is -0.393 e. The quantitative estimate of drug-likeness (QED) is 0.740. The number of hydrogen-bond donors (Lipinski definition) is 2. The SMILES string of the molecule is CC(O)C1CCN(CC2(CNC3CC3)CCCCCC2)C1. The fourth-order valence-electron chi connectivity index (χ4n) is 4.39. The third kappa shape index (κ3) is 4.43. The average molecular weight is 294 g/mol. The van der Waals surface area contributed by atoms with Crippen molar-refractivity contribution >= 4 is 0 Å². The van der Waals surface area contributed by atoms with E-state index in [0.717, 1.165) is 12.6 Å². The van der Waals surface area contributed by atoms with E-state index in [4.69, 9.17) is 0 Å². The van der Waals surface area contributed by atoms with Gasteiger partial charge in [0, 0.05) is 25.7 Å². The second-order valence-corrected chi connectivity index (χ2v) is 8.09. The van der Waals surface area contributed by atoms with Crippen molar-refractivity contribution < 1.29 is 5.11 Å². The van der Waals surface area contributed by atoms with E-state index < -0.39 is 0 Å². The molecule has 1 aliphatic heterocycles. The summed E-state index contributed by atoms with van der Waals surface area (Å²) >= 11 is 0. The largest absolute Gasteiger partial charge is 0.393 e. The predicted molar refractivity (Wildman–Crippen MR) is 87.4 cm³/mol. The van der Waals surface area contributed by atoms with E-state index in [2.05, 4.69) is 10.2 Å². The maximum Gasteiger partial charge on any atom is 0.0552 e. The molecule has 0 spiro atoms. The van der Waals surface area contributed by atoms with Gasteiger partial charge in [0.1, 0.15) is 0 Å². The normalized spacial score (nSPS) is 32.0. The van der Waals surface area contributed by atoms with Crippen molar-refractivity contribution in [2.45, 2.75) is 76.9 Å². The zero-order chi connectivity index (χ0) is 14.7. The Morgan fingerprint density at radius 3 is 2.43 bits per heavy atom. The first-order valence-electron chi connectivity index (χ1n) is 9.31. The van der Waals surface area contributed by atoms with Gasteiger partial charge in [-0.15, -0.1) is 0 Å². The molecule has 122 valence electrons. The van der Waals surface area contributed by atoms with Gasteiger partial charge < -0.3 is 15.3 Å². The Hall–Kier alpha value is -0.120. The van der Waals surface area contributed by atoms with Crippen LogP contribution in [-0.2, 0) is 0 Å². The van der Waals surface area contributed by atoms with Gasteiger partial charge in [0.2, 0.25) is 0 Å². The Labute approximate surface area is 130 Å². The predicted octanol–water partition coefficient (Wildman–Crippen LogP) is 2.78. The smallest absolute Gasteiger partial charge is 0.0552 e. The molecule has 2 unspecified atom stereocenters. The lowest BCUT2D eigenvalue weighted by Gasteiger charge is -2.37. The highest BCUT2D eigenvalue weighted by Gasteiger charge is 2.37. The highest BCUT2D eigenvalue weighted by Crippen LogP contribution is 2.37. The molecule has 3 nitrogen and oxygen atoms in total. The minimum atomic E-state index is -0.135. The van der Waals surface area contributed by atoms with Crippen LogP contribution in [0.15, 0.2) is 0 Å². The lowest BCUT2D eigenvalue weighted by atomic mass is 9.79. The zero-order valence-electron chi connectivity index (χ0n) is 13.8. The van der Waals surface area contributed by atoms with E-state index in [9.17, 15) is 5.11 Å². The van der Waals surface area contributed by atoms with Crippen LogP contribution in [0.4, 0.5) is 0 Å². The molecule has 1 saturated heterocycles. The Balaban J connectivity index is 1.58. The molecule has 2 aliphatic carbocycles. The molecule has 2 N–H and O–H groups in total. The number of hydrogen-bond acceptors (Lipinski definition) is 3. The standard InChI is InChI=1S/C18H34N2O/c1-15(21)16-8-11-20(12-16)14-18(13-19-17-6-7-17)9-4-2-3-5-10-18/h15-17,19,21H,2-14H2,1H3. The van der Waals surface area contributed by atoms with Gasteiger partial charge in [-0.2, -0.15) is 0 Å². The molecular formula is C18H34N2O. The van der Waals surface area contributed by atoms with Gasteiger partial charge in [-0.05, 0) is 56.9 Å². The van der Waals surface area contributed by atoms with Crippen molar-refractivity contribution in [2.24, 2.45) is 11.3 Å². The number of aliphatic hydroxyl groups excluding tert-OH is 1. The van der Waals surface area contributed by atoms with Crippen LogP contribution in [0.2, 0.25) is 0 Å². The molecule has 0 aromatic rings. The molecule has 3 rings (SSSR count). The van der Waals surface area contributed by atoms with Crippen molar-refractivity contribution in [3.63, 3.8) is 0 Å². The number of nitrogens with one attached hydrogen (secondary N) is 1. The monoisotopic (exact) mass is 294 g/mol. The molecule has 1 heterocycles. The van der Waals surface area contributed by atoms with E-state index in [1.54, 1.807) is 0 Å². The number of nitrogens with zero attached hydrogens (tertiary/aromatic N) is 1. The summed E-state index contributed by atoms with van der Waals surface area (Å²) in [5.41, 5.74) is 0.507. The highest BCUT2D eigenvalue weighted by molar-refractivity contribution is 4.92. The van der Waals surface area contributed by atoms with Crippen LogP contribution in [0, 0.1) is 11.3 Å². The van der Waals surface area contributed by atoms with E-state index in [0.29, 0.717) is 11.3 Å². The Bertz CT molecular complexity index is 319. The summed E-state index contributed by atoms with van der Waals surface area (Å²) in [5, 5.41) is 13.7. The third-order valence-electron chi connectivity index (χ3n) is 6.06. The Kier molecular flexibility index (Phi) is 5.23. The summed E-state index contributed by atoms with van der Waals surface area (Å²) in [6.45, 7) is 6.76. The summed E-state index contributed by atoms with van der Waals surface area (Å²) in [7, 11) is 0. The van der Waals surface area contributed by atoms with Gasteiger partial charge in [0.05, 0.1) is 6.10 Å². The molecule has 0 radical (unpaired) electrons. The zero-order valence-corrected chi connectivity index (χ0v) is 13.8. The topological polar surface area (TPSA) is 35.5 Å². The van der Waals surface area contributed by atoms with Crippen LogP contribution in [-0.4, -0.2) is 48.3 Å². The lowest BCUT2D eigenvalue weighted by Crippen LogP contribution is -2.44. The summed E-state index contributed by atoms with van der Waals surface area (Å²) < 4.78 is 0. The molecule has 3 fully saturated rings. The molecule has 0 aromatic carbocycles. The van der Waals surface area contributed by atoms with Crippen molar-refractivity contribution in [3.05, 3.63) is 0 Å². The highest BCUT2D eigenvalue weighted by atomic mass is 16.3. The molecular weight excluding hydrogens is 260 g/mol. The Morgan fingerprint density at radius 2 is 1.86 bits per heavy atom. The summed E-state index contributed by atoms with van der Waals surface area (Å²) in [4.78, 5) is 2.65. The molecule has 0 bridgehead atoms. The summed E-state index contributed by atoms with van der Waals surface area (Å²) in [6, 6.07) is 0.828. The maximum atomic E-state index is 9.83. The molecule has 21 heavy (non-hydrogen) atoms. The number of rotatable bonds is 6. The van der Waals surface area contributed by atoms with Crippen LogP contribution in [0.1, 0.15) is 64.7 Å². The van der Waals surface area contributed by atoms with Crippen molar-refractivity contribution in [1.29, 1.82) is 0 Å². The van der Waals surface area contributed by atoms with Crippen LogP contribution in [0.5, 0.6) is 0 Å². The second-order valence-electron chi connectivity index (χ2n) is 8.09. The van der Waals surface area contributed by atoms with E-state index in [-0.39, 0.29) is 6.10 Å². The number of aliphatic hydroxyl groups is 1. The molecule has 0 aromatic heterocycles. The fraction of sp³-hybridized carbons (Fsp3) is 1.00. The Morgan fingerprint density at radius 1 is 1.14 bits per heavy atom. The van der Waals surface area contributed by atoms with Gasteiger partial charge in [0.15, 0.2) is 0 Å². The maximum absolute atomic E-state index is 9.83. The van der Waals surface area contributed by atoms with Crippen LogP contribution in [0.25, 0.3) is 0 Å². The third-order valence-corrected chi connectivity index (χ3v) is 6.06. The van der Waals surface area contributed by atoms with Crippen LogP contribution in [0.3, 0.4) is 0 Å². The first-order valence-corrected chi connectivity index (χ1v) is 9.31. The van der Waals surface area contributed by atoms with Gasteiger partial charge in [-0.3, -0.25) is 0 Å². The molecule has 3 heteroatoms. The molecule has 2 atom stereocenters. The van der Waals surface area contributed by atoms with Crippen LogP contribution < -0.4 is 5.32 Å². The summed E-state index contributed by atoms with van der Waals surface area (Å²) in [5.74, 6) is 0.504. The molecule has 3 aliphatic rings. The number of likely N-dealkylation sites (tertiary alicyclic amines) is 1. The summed E-state index contributed by atoms with van der Waals surface area (Å²) in [6.07, 6.45) is 12.3.